The van der Waals surface area contributed by atoms with Crippen LogP contribution < -0.4 is 10.1 Å². The van der Waals surface area contributed by atoms with Gasteiger partial charge in [0, 0.05) is 17.1 Å². The maximum atomic E-state index is 11.0. The number of aromatic nitrogens is 1. The van der Waals surface area contributed by atoms with Gasteiger partial charge >= 0.3 is 5.69 Å². The fourth-order valence-electron chi connectivity index (χ4n) is 1.75. The average Bonchev–Trinajstić information content (AvgIpc) is 2.46. The lowest BCUT2D eigenvalue weighted by Crippen LogP contribution is -2.04. The lowest BCUT2D eigenvalue weighted by atomic mass is 10.3. The van der Waals surface area contributed by atoms with E-state index >= 15 is 0 Å². The lowest BCUT2D eigenvalue weighted by molar-refractivity contribution is -0.386. The molecule has 1 N–H and O–H groups in total. The Bertz CT molecular complexity index is 649. The van der Waals surface area contributed by atoms with E-state index in [4.69, 9.17) is 4.74 Å². The van der Waals surface area contributed by atoms with Crippen LogP contribution in [0.3, 0.4) is 0 Å². The van der Waals surface area contributed by atoms with E-state index in [2.05, 4.69) is 26.2 Å². The minimum Gasteiger partial charge on any atom is -0.480 e. The number of hydrogen-bond acceptors (Lipinski definition) is 5. The Hall–Kier alpha value is -2.15. The molecule has 0 aliphatic rings. The molecule has 21 heavy (non-hydrogen) atoms. The van der Waals surface area contributed by atoms with E-state index in [0.29, 0.717) is 10.2 Å². The van der Waals surface area contributed by atoms with Crippen LogP contribution in [0.4, 0.5) is 11.5 Å². The molecule has 2 aromatic rings. The first kappa shape index (κ1) is 15.2. The highest BCUT2D eigenvalue weighted by molar-refractivity contribution is 9.10. The third-order valence-electron chi connectivity index (χ3n) is 2.66. The molecule has 110 valence electrons. The number of anilines is 1. The summed E-state index contributed by atoms with van der Waals surface area (Å²) in [5, 5.41) is 14.1. The van der Waals surface area contributed by atoms with Crippen molar-refractivity contribution in [3.63, 3.8) is 0 Å². The van der Waals surface area contributed by atoms with Crippen LogP contribution >= 0.6 is 15.9 Å². The molecule has 0 bridgehead atoms. The number of rotatable bonds is 6. The summed E-state index contributed by atoms with van der Waals surface area (Å²) in [5.74, 6) is 0.975. The molecule has 0 amide bonds. The van der Waals surface area contributed by atoms with Gasteiger partial charge in [-0.05, 0) is 31.2 Å². The molecule has 0 fully saturated rings. The van der Waals surface area contributed by atoms with E-state index in [0.717, 1.165) is 12.4 Å². The van der Waals surface area contributed by atoms with E-state index in [1.165, 1.54) is 6.07 Å². The van der Waals surface area contributed by atoms with Gasteiger partial charge in [-0.1, -0.05) is 22.0 Å². The first-order valence-electron chi connectivity index (χ1n) is 6.36. The molecule has 0 saturated heterocycles. The van der Waals surface area contributed by atoms with Crippen molar-refractivity contribution in [1.82, 2.24) is 4.98 Å². The number of halogens is 1. The summed E-state index contributed by atoms with van der Waals surface area (Å²) in [4.78, 5) is 14.9. The van der Waals surface area contributed by atoms with Gasteiger partial charge in [0.2, 0.25) is 0 Å². The molecule has 6 nitrogen and oxygen atoms in total. The number of benzene rings is 1. The van der Waals surface area contributed by atoms with Crippen molar-refractivity contribution in [3.8, 4) is 5.75 Å². The van der Waals surface area contributed by atoms with Gasteiger partial charge in [0.25, 0.3) is 0 Å². The van der Waals surface area contributed by atoms with Gasteiger partial charge in [0.05, 0.1) is 10.6 Å². The highest BCUT2D eigenvalue weighted by Gasteiger charge is 2.15. The van der Waals surface area contributed by atoms with Crippen LogP contribution in [0.1, 0.15) is 12.6 Å². The van der Waals surface area contributed by atoms with Crippen molar-refractivity contribution >= 4 is 27.4 Å². The van der Waals surface area contributed by atoms with Crippen LogP contribution in [0.5, 0.6) is 5.75 Å². The third kappa shape index (κ3) is 4.16. The van der Waals surface area contributed by atoms with Crippen molar-refractivity contribution in [1.29, 1.82) is 0 Å². The molecule has 0 aliphatic heterocycles. The Labute approximate surface area is 130 Å². The lowest BCUT2D eigenvalue weighted by Gasteiger charge is -2.08. The van der Waals surface area contributed by atoms with Gasteiger partial charge in [0.15, 0.2) is 5.75 Å². The summed E-state index contributed by atoms with van der Waals surface area (Å²) >= 11 is 3.21. The average molecular weight is 352 g/mol. The summed E-state index contributed by atoms with van der Waals surface area (Å²) in [5.41, 5.74) is 0.623. The number of hydrogen-bond donors (Lipinski definition) is 1. The van der Waals surface area contributed by atoms with Gasteiger partial charge in [-0.15, -0.1) is 0 Å². The molecule has 0 saturated carbocycles. The zero-order valence-electron chi connectivity index (χ0n) is 11.4. The Kier molecular flexibility index (Phi) is 5.10. The predicted molar refractivity (Wildman–Crippen MR) is 83.5 cm³/mol. The van der Waals surface area contributed by atoms with Crippen molar-refractivity contribution < 1.29 is 9.66 Å². The van der Waals surface area contributed by atoms with Crippen LogP contribution in [0.25, 0.3) is 0 Å². The zero-order chi connectivity index (χ0) is 15.2. The Morgan fingerprint density at radius 1 is 1.38 bits per heavy atom. The van der Waals surface area contributed by atoms with E-state index in [-0.39, 0.29) is 18.0 Å². The minimum absolute atomic E-state index is 0.0767. The molecule has 1 aromatic carbocycles. The van der Waals surface area contributed by atoms with E-state index < -0.39 is 4.92 Å². The highest BCUT2D eigenvalue weighted by Crippen LogP contribution is 2.30. The predicted octanol–water partition coefficient (Wildman–Crippen LogP) is 3.76. The molecule has 0 radical (unpaired) electrons. The Balaban J connectivity index is 2.13. The molecule has 2 rings (SSSR count). The fraction of sp³-hybridized carbons (Fsp3) is 0.214. The molecule has 7 heteroatoms. The first-order chi connectivity index (χ1) is 10.1. The fourth-order valence-corrected chi connectivity index (χ4v) is 2.10. The van der Waals surface area contributed by atoms with Crippen LogP contribution in [0, 0.1) is 10.1 Å². The Morgan fingerprint density at radius 2 is 2.19 bits per heavy atom. The molecule has 1 aromatic heterocycles. The van der Waals surface area contributed by atoms with E-state index in [1.54, 1.807) is 12.1 Å². The third-order valence-corrected chi connectivity index (χ3v) is 3.15. The molecule has 0 unspecified atom stereocenters. The number of nitrogens with zero attached hydrogens (tertiary/aromatic N) is 2. The summed E-state index contributed by atoms with van der Waals surface area (Å²) in [6, 6.07) is 10.2. The number of nitro groups is 1. The van der Waals surface area contributed by atoms with Crippen LogP contribution in [0.15, 0.2) is 40.9 Å². The molecular formula is C14H14BrN3O3. The first-order valence-corrected chi connectivity index (χ1v) is 7.16. The van der Waals surface area contributed by atoms with Crippen LogP contribution in [-0.4, -0.2) is 16.5 Å². The maximum Gasteiger partial charge on any atom is 0.312 e. The number of ether oxygens (including phenoxy) is 1. The molecule has 0 aliphatic carbocycles. The smallest absolute Gasteiger partial charge is 0.312 e. The molecular weight excluding hydrogens is 338 g/mol. The zero-order valence-corrected chi connectivity index (χ0v) is 13.0. The standard InChI is InChI=1S/C14H14BrN3O3/c1-2-16-14-5-3-4-11(17-14)9-21-13-7-6-10(15)8-12(13)18(19)20/h3-8H,2,9H2,1H3,(H,16,17). The summed E-state index contributed by atoms with van der Waals surface area (Å²) in [6.45, 7) is 2.92. The SMILES string of the molecule is CCNc1cccc(COc2ccc(Br)cc2[N+](=O)[O-])n1. The molecule has 0 atom stereocenters. The highest BCUT2D eigenvalue weighted by atomic mass is 79.9. The van der Waals surface area contributed by atoms with Crippen LogP contribution in [-0.2, 0) is 6.61 Å². The van der Waals surface area contributed by atoms with Gasteiger partial charge in [0.1, 0.15) is 12.4 Å². The van der Waals surface area contributed by atoms with E-state index in [9.17, 15) is 10.1 Å². The molecule has 1 heterocycles. The normalized spacial score (nSPS) is 10.2. The van der Waals surface area contributed by atoms with Crippen molar-refractivity contribution in [2.24, 2.45) is 0 Å². The second-order valence-corrected chi connectivity index (χ2v) is 5.12. The molecule has 0 spiro atoms. The van der Waals surface area contributed by atoms with Gasteiger partial charge in [-0.3, -0.25) is 10.1 Å². The largest absolute Gasteiger partial charge is 0.480 e. The quantitative estimate of drug-likeness (QED) is 0.633. The second-order valence-electron chi connectivity index (χ2n) is 4.20. The van der Waals surface area contributed by atoms with Crippen molar-refractivity contribution in [2.45, 2.75) is 13.5 Å². The topological polar surface area (TPSA) is 77.3 Å². The number of nitro benzene ring substituents is 1. The summed E-state index contributed by atoms with van der Waals surface area (Å²) in [6.07, 6.45) is 0. The number of pyridine rings is 1. The monoisotopic (exact) mass is 351 g/mol. The van der Waals surface area contributed by atoms with Gasteiger partial charge in [-0.25, -0.2) is 4.98 Å². The Morgan fingerprint density at radius 3 is 2.90 bits per heavy atom. The maximum absolute atomic E-state index is 11.0. The van der Waals surface area contributed by atoms with Gasteiger partial charge in [-0.2, -0.15) is 0 Å². The summed E-state index contributed by atoms with van der Waals surface area (Å²) in [7, 11) is 0. The van der Waals surface area contributed by atoms with Crippen molar-refractivity contribution in [2.75, 3.05) is 11.9 Å². The summed E-state index contributed by atoms with van der Waals surface area (Å²) < 4.78 is 6.15. The van der Waals surface area contributed by atoms with E-state index in [1.807, 2.05) is 25.1 Å². The number of nitrogens with one attached hydrogen (secondary N) is 1. The minimum atomic E-state index is -0.470. The second kappa shape index (κ2) is 7.03. The van der Waals surface area contributed by atoms with Crippen molar-refractivity contribution in [3.05, 3.63) is 56.7 Å². The van der Waals surface area contributed by atoms with Crippen LogP contribution in [0.2, 0.25) is 0 Å². The van der Waals surface area contributed by atoms with Gasteiger partial charge < -0.3 is 10.1 Å².